The third kappa shape index (κ3) is 2.19. The molecule has 0 aromatic carbocycles. The fraction of sp³-hybridized carbons (Fsp3) is 1.00. The predicted molar refractivity (Wildman–Crippen MR) is 49.6 cm³/mol. The molecule has 0 aromatic rings. The summed E-state index contributed by atoms with van der Waals surface area (Å²) in [6.07, 6.45) is 2.74. The van der Waals surface area contributed by atoms with E-state index < -0.39 is 0 Å². The van der Waals surface area contributed by atoms with Gasteiger partial charge in [-0.05, 0) is 30.8 Å². The van der Waals surface area contributed by atoms with Crippen molar-refractivity contribution in [2.75, 3.05) is 13.1 Å². The van der Waals surface area contributed by atoms with Crippen molar-refractivity contribution in [1.82, 2.24) is 5.32 Å². The maximum absolute atomic E-state index is 3.46. The van der Waals surface area contributed by atoms with E-state index in [0.29, 0.717) is 0 Å². The van der Waals surface area contributed by atoms with Gasteiger partial charge in [-0.3, -0.25) is 0 Å². The van der Waals surface area contributed by atoms with Crippen molar-refractivity contribution in [2.24, 2.45) is 17.8 Å². The molecule has 0 spiro atoms. The number of rotatable bonds is 3. The smallest absolute Gasteiger partial charge is 0.00148 e. The average molecular weight is 155 g/mol. The molecule has 0 saturated carbocycles. The molecule has 1 rings (SSSR count). The first kappa shape index (κ1) is 9.05. The Morgan fingerprint density at radius 2 is 2.18 bits per heavy atom. The monoisotopic (exact) mass is 155 g/mol. The van der Waals surface area contributed by atoms with Gasteiger partial charge in [-0.15, -0.1) is 0 Å². The van der Waals surface area contributed by atoms with Crippen molar-refractivity contribution in [1.29, 1.82) is 0 Å². The largest absolute Gasteiger partial charge is 0.316 e. The number of hydrogen-bond donors (Lipinski definition) is 1. The number of hydrogen-bond acceptors (Lipinski definition) is 1. The van der Waals surface area contributed by atoms with E-state index in [1.54, 1.807) is 0 Å². The quantitative estimate of drug-likeness (QED) is 0.659. The molecule has 0 aromatic heterocycles. The van der Waals surface area contributed by atoms with Gasteiger partial charge in [0.15, 0.2) is 0 Å². The van der Waals surface area contributed by atoms with Gasteiger partial charge in [0.25, 0.3) is 0 Å². The Kier molecular flexibility index (Phi) is 3.38. The van der Waals surface area contributed by atoms with Crippen molar-refractivity contribution in [3.63, 3.8) is 0 Å². The second-order valence-corrected chi connectivity index (χ2v) is 4.07. The molecule has 0 bridgehead atoms. The first-order chi connectivity index (χ1) is 5.25. The Labute approximate surface area is 70.6 Å². The molecule has 1 fully saturated rings. The minimum Gasteiger partial charge on any atom is -0.316 e. The molecule has 1 heterocycles. The normalized spacial score (nSPS) is 34.1. The lowest BCUT2D eigenvalue weighted by Gasteiger charge is -2.21. The Morgan fingerprint density at radius 1 is 1.45 bits per heavy atom. The van der Waals surface area contributed by atoms with Crippen LogP contribution in [0.3, 0.4) is 0 Å². The topological polar surface area (TPSA) is 12.0 Å². The lowest BCUT2D eigenvalue weighted by Crippen LogP contribution is -2.18. The van der Waals surface area contributed by atoms with Crippen LogP contribution in [0.4, 0.5) is 0 Å². The van der Waals surface area contributed by atoms with Crippen LogP contribution >= 0.6 is 0 Å². The molecule has 66 valence electrons. The molecular weight excluding hydrogens is 134 g/mol. The zero-order chi connectivity index (χ0) is 8.27. The molecule has 1 heteroatoms. The molecule has 1 saturated heterocycles. The molecule has 1 nitrogen and oxygen atoms in total. The summed E-state index contributed by atoms with van der Waals surface area (Å²) in [7, 11) is 0. The van der Waals surface area contributed by atoms with E-state index in [1.165, 1.54) is 25.9 Å². The fourth-order valence-electron chi connectivity index (χ4n) is 2.26. The Balaban J connectivity index is 2.33. The summed E-state index contributed by atoms with van der Waals surface area (Å²) >= 11 is 0. The van der Waals surface area contributed by atoms with Gasteiger partial charge in [0.2, 0.25) is 0 Å². The number of nitrogens with one attached hydrogen (secondary N) is 1. The molecule has 0 aliphatic carbocycles. The lowest BCUT2D eigenvalue weighted by atomic mass is 9.84. The van der Waals surface area contributed by atoms with E-state index in [1.807, 2.05) is 0 Å². The van der Waals surface area contributed by atoms with Crippen LogP contribution in [-0.2, 0) is 0 Å². The lowest BCUT2D eigenvalue weighted by molar-refractivity contribution is 0.299. The second kappa shape index (κ2) is 4.10. The third-order valence-corrected chi connectivity index (χ3v) is 3.05. The molecule has 1 N–H and O–H groups in total. The van der Waals surface area contributed by atoms with E-state index in [4.69, 9.17) is 0 Å². The summed E-state index contributed by atoms with van der Waals surface area (Å²) in [4.78, 5) is 0. The van der Waals surface area contributed by atoms with Gasteiger partial charge in [0, 0.05) is 0 Å². The van der Waals surface area contributed by atoms with Crippen molar-refractivity contribution in [3.05, 3.63) is 0 Å². The summed E-state index contributed by atoms with van der Waals surface area (Å²) < 4.78 is 0. The Morgan fingerprint density at radius 3 is 2.64 bits per heavy atom. The first-order valence-electron chi connectivity index (χ1n) is 4.96. The molecule has 1 aliphatic heterocycles. The van der Waals surface area contributed by atoms with Crippen LogP contribution < -0.4 is 5.32 Å². The van der Waals surface area contributed by atoms with Crippen LogP contribution in [0.1, 0.15) is 33.6 Å². The summed E-state index contributed by atoms with van der Waals surface area (Å²) in [5, 5.41) is 3.46. The van der Waals surface area contributed by atoms with Crippen LogP contribution in [0.25, 0.3) is 0 Å². The van der Waals surface area contributed by atoms with Crippen LogP contribution in [0.15, 0.2) is 0 Å². The third-order valence-electron chi connectivity index (χ3n) is 3.05. The van der Waals surface area contributed by atoms with Gasteiger partial charge >= 0.3 is 0 Å². The van der Waals surface area contributed by atoms with Crippen LogP contribution in [-0.4, -0.2) is 13.1 Å². The van der Waals surface area contributed by atoms with Crippen LogP contribution in [0.2, 0.25) is 0 Å². The molecule has 0 radical (unpaired) electrons. The fourth-order valence-corrected chi connectivity index (χ4v) is 2.26. The molecule has 11 heavy (non-hydrogen) atoms. The van der Waals surface area contributed by atoms with E-state index in [-0.39, 0.29) is 0 Å². The SMILES string of the molecule is CCC[C@@H](C)[C@H]1CNC[C@H]1C. The molecule has 0 amide bonds. The van der Waals surface area contributed by atoms with Crippen molar-refractivity contribution < 1.29 is 0 Å². The van der Waals surface area contributed by atoms with E-state index in [0.717, 1.165) is 17.8 Å². The summed E-state index contributed by atoms with van der Waals surface area (Å²) in [5.74, 6) is 2.76. The Hall–Kier alpha value is -0.0400. The maximum atomic E-state index is 3.46. The second-order valence-electron chi connectivity index (χ2n) is 4.07. The van der Waals surface area contributed by atoms with Crippen LogP contribution in [0, 0.1) is 17.8 Å². The van der Waals surface area contributed by atoms with Gasteiger partial charge in [-0.1, -0.05) is 33.6 Å². The van der Waals surface area contributed by atoms with Gasteiger partial charge in [-0.25, -0.2) is 0 Å². The van der Waals surface area contributed by atoms with E-state index in [9.17, 15) is 0 Å². The highest BCUT2D eigenvalue weighted by Gasteiger charge is 2.27. The maximum Gasteiger partial charge on any atom is -0.00148 e. The zero-order valence-corrected chi connectivity index (χ0v) is 8.06. The summed E-state index contributed by atoms with van der Waals surface area (Å²) in [6, 6.07) is 0. The van der Waals surface area contributed by atoms with Gasteiger partial charge < -0.3 is 5.32 Å². The van der Waals surface area contributed by atoms with Gasteiger partial charge in [-0.2, -0.15) is 0 Å². The highest BCUT2D eigenvalue weighted by Crippen LogP contribution is 2.27. The first-order valence-corrected chi connectivity index (χ1v) is 4.96. The van der Waals surface area contributed by atoms with Gasteiger partial charge in [0.05, 0.1) is 0 Å². The summed E-state index contributed by atoms with van der Waals surface area (Å²) in [5.41, 5.74) is 0. The van der Waals surface area contributed by atoms with E-state index in [2.05, 4.69) is 26.1 Å². The average Bonchev–Trinajstić information content (AvgIpc) is 2.36. The molecule has 0 unspecified atom stereocenters. The highest BCUT2D eigenvalue weighted by atomic mass is 14.9. The van der Waals surface area contributed by atoms with Crippen molar-refractivity contribution in [3.8, 4) is 0 Å². The molecule has 1 aliphatic rings. The standard InChI is InChI=1S/C10H21N/c1-4-5-8(2)10-7-11-6-9(10)3/h8-11H,4-7H2,1-3H3/t8-,9-,10-/m1/s1. The predicted octanol–water partition coefficient (Wildman–Crippen LogP) is 2.28. The zero-order valence-electron chi connectivity index (χ0n) is 8.06. The summed E-state index contributed by atoms with van der Waals surface area (Å²) in [6.45, 7) is 9.54. The minimum atomic E-state index is 0.900. The Bertz CT molecular complexity index is 111. The van der Waals surface area contributed by atoms with Crippen molar-refractivity contribution >= 4 is 0 Å². The molecule has 3 atom stereocenters. The highest BCUT2D eigenvalue weighted by molar-refractivity contribution is 4.81. The van der Waals surface area contributed by atoms with Crippen molar-refractivity contribution in [2.45, 2.75) is 33.6 Å². The van der Waals surface area contributed by atoms with Crippen LogP contribution in [0.5, 0.6) is 0 Å². The van der Waals surface area contributed by atoms with E-state index >= 15 is 0 Å². The van der Waals surface area contributed by atoms with Gasteiger partial charge in [0.1, 0.15) is 0 Å². The molecular formula is C10H21N. The minimum absolute atomic E-state index is 0.900.